The number of hydrogen-bond donors (Lipinski definition) is 2. The summed E-state index contributed by atoms with van der Waals surface area (Å²) in [6.07, 6.45) is 5.66. The lowest BCUT2D eigenvalue weighted by molar-refractivity contribution is 0.102. The second kappa shape index (κ2) is 4.23. The van der Waals surface area contributed by atoms with Gasteiger partial charge in [0.2, 0.25) is 5.95 Å². The highest BCUT2D eigenvalue weighted by molar-refractivity contribution is 6.11. The lowest BCUT2D eigenvalue weighted by Gasteiger charge is -1.99. The van der Waals surface area contributed by atoms with Crippen LogP contribution in [0.3, 0.4) is 0 Å². The molecule has 1 fully saturated rings. The Balaban J connectivity index is 1.59. The van der Waals surface area contributed by atoms with E-state index in [1.165, 1.54) is 19.1 Å². The van der Waals surface area contributed by atoms with Gasteiger partial charge in [-0.15, -0.1) is 0 Å². The smallest absolute Gasteiger partial charge is 0.261 e. The topological polar surface area (TPSA) is 70.9 Å². The molecule has 0 aliphatic heterocycles. The van der Waals surface area contributed by atoms with Gasteiger partial charge in [0.05, 0.1) is 11.8 Å². The zero-order valence-corrected chi connectivity index (χ0v) is 10.7. The molecule has 5 nitrogen and oxygen atoms in total. The molecule has 100 valence electrons. The lowest BCUT2D eigenvalue weighted by Crippen LogP contribution is -2.12. The second-order valence-electron chi connectivity index (χ2n) is 5.06. The zero-order chi connectivity index (χ0) is 13.5. The molecular formula is C15H13N3O2. The second-order valence-corrected chi connectivity index (χ2v) is 5.06. The Bertz CT molecular complexity index is 783. The average Bonchev–Trinajstić information content (AvgIpc) is 3.06. The van der Waals surface area contributed by atoms with Crippen molar-refractivity contribution in [2.75, 3.05) is 5.32 Å². The first-order valence-corrected chi connectivity index (χ1v) is 6.64. The first-order chi connectivity index (χ1) is 9.81. The number of aromatic amines is 1. The number of anilines is 1. The van der Waals surface area contributed by atoms with E-state index in [-0.39, 0.29) is 5.91 Å². The number of fused-ring (bicyclic) bond motifs is 1. The molecule has 0 bridgehead atoms. The molecule has 1 saturated carbocycles. The van der Waals surface area contributed by atoms with Gasteiger partial charge >= 0.3 is 0 Å². The van der Waals surface area contributed by atoms with E-state index in [1.54, 1.807) is 6.20 Å². The number of imidazole rings is 1. The first kappa shape index (κ1) is 11.3. The van der Waals surface area contributed by atoms with E-state index in [9.17, 15) is 4.79 Å². The van der Waals surface area contributed by atoms with E-state index in [2.05, 4.69) is 15.3 Å². The van der Waals surface area contributed by atoms with Gasteiger partial charge in [-0.2, -0.15) is 0 Å². The minimum absolute atomic E-state index is 0.216. The van der Waals surface area contributed by atoms with Crippen LogP contribution in [0.5, 0.6) is 0 Å². The van der Waals surface area contributed by atoms with Crippen molar-refractivity contribution in [1.82, 2.24) is 9.97 Å². The fourth-order valence-electron chi connectivity index (χ4n) is 2.33. The van der Waals surface area contributed by atoms with Crippen molar-refractivity contribution in [3.8, 4) is 0 Å². The van der Waals surface area contributed by atoms with Gasteiger partial charge in [0.15, 0.2) is 0 Å². The van der Waals surface area contributed by atoms with Crippen molar-refractivity contribution in [3.63, 3.8) is 0 Å². The third-order valence-electron chi connectivity index (χ3n) is 3.57. The molecule has 20 heavy (non-hydrogen) atoms. The summed E-state index contributed by atoms with van der Waals surface area (Å²) in [7, 11) is 0. The molecule has 1 aromatic carbocycles. The van der Waals surface area contributed by atoms with Crippen LogP contribution in [-0.4, -0.2) is 15.9 Å². The summed E-state index contributed by atoms with van der Waals surface area (Å²) in [5, 5.41) is 3.58. The van der Waals surface area contributed by atoms with Crippen molar-refractivity contribution in [3.05, 3.63) is 48.0 Å². The predicted octanol–water partition coefficient (Wildman–Crippen LogP) is 3.29. The zero-order valence-electron chi connectivity index (χ0n) is 10.7. The van der Waals surface area contributed by atoms with Gasteiger partial charge in [-0.3, -0.25) is 10.1 Å². The van der Waals surface area contributed by atoms with Crippen molar-refractivity contribution in [2.45, 2.75) is 18.8 Å². The van der Waals surface area contributed by atoms with E-state index < -0.39 is 0 Å². The Morgan fingerprint density at radius 3 is 3.05 bits per heavy atom. The number of furan rings is 1. The standard InChI is InChI=1S/C15H13N3O2/c19-14(11-8-20-13-4-2-1-3-10(11)13)18-15-16-7-12(17-15)9-5-6-9/h1-4,7-9H,5-6H2,(H2,16,17,18,19). The number of benzene rings is 1. The molecule has 4 rings (SSSR count). The van der Waals surface area contributed by atoms with Crippen LogP contribution in [0.1, 0.15) is 34.8 Å². The van der Waals surface area contributed by atoms with E-state index in [0.717, 1.165) is 11.1 Å². The number of carbonyl (C=O) groups excluding carboxylic acids is 1. The quantitative estimate of drug-likeness (QED) is 0.765. The molecule has 0 saturated heterocycles. The summed E-state index contributed by atoms with van der Waals surface area (Å²) in [6, 6.07) is 7.46. The number of nitrogens with zero attached hydrogens (tertiary/aromatic N) is 1. The van der Waals surface area contributed by atoms with Gasteiger partial charge in [0.1, 0.15) is 11.8 Å². The molecule has 1 amide bonds. The van der Waals surface area contributed by atoms with Crippen molar-refractivity contribution < 1.29 is 9.21 Å². The molecule has 0 spiro atoms. The largest absolute Gasteiger partial charge is 0.463 e. The number of amides is 1. The molecule has 0 atom stereocenters. The number of nitrogens with one attached hydrogen (secondary N) is 2. The number of H-pyrrole nitrogens is 1. The van der Waals surface area contributed by atoms with E-state index in [4.69, 9.17) is 4.42 Å². The Labute approximate surface area is 115 Å². The number of hydrogen-bond acceptors (Lipinski definition) is 3. The third kappa shape index (κ3) is 1.87. The van der Waals surface area contributed by atoms with Crippen LogP contribution >= 0.6 is 0 Å². The Hall–Kier alpha value is -2.56. The van der Waals surface area contributed by atoms with Gasteiger partial charge in [-0.25, -0.2) is 4.98 Å². The van der Waals surface area contributed by atoms with Crippen LogP contribution in [-0.2, 0) is 0 Å². The maximum Gasteiger partial charge on any atom is 0.261 e. The maximum absolute atomic E-state index is 12.3. The molecule has 1 aliphatic carbocycles. The van der Waals surface area contributed by atoms with Crippen molar-refractivity contribution in [1.29, 1.82) is 0 Å². The summed E-state index contributed by atoms with van der Waals surface area (Å²) in [5.74, 6) is 0.858. The van der Waals surface area contributed by atoms with Gasteiger partial charge in [0, 0.05) is 17.0 Å². The fourth-order valence-corrected chi connectivity index (χ4v) is 2.33. The van der Waals surface area contributed by atoms with E-state index in [1.807, 2.05) is 24.3 Å². The maximum atomic E-state index is 12.3. The van der Waals surface area contributed by atoms with Gasteiger partial charge in [0.25, 0.3) is 5.91 Å². The average molecular weight is 267 g/mol. The number of rotatable bonds is 3. The predicted molar refractivity (Wildman–Crippen MR) is 74.7 cm³/mol. The van der Waals surface area contributed by atoms with Gasteiger partial charge < -0.3 is 9.40 Å². The Morgan fingerprint density at radius 2 is 2.20 bits per heavy atom. The normalized spacial score (nSPS) is 14.6. The Morgan fingerprint density at radius 1 is 1.35 bits per heavy atom. The monoisotopic (exact) mass is 267 g/mol. The van der Waals surface area contributed by atoms with Crippen LogP contribution in [0, 0.1) is 0 Å². The van der Waals surface area contributed by atoms with Crippen LogP contribution in [0.25, 0.3) is 11.0 Å². The Kier molecular flexibility index (Phi) is 2.39. The summed E-state index contributed by atoms with van der Waals surface area (Å²) in [6.45, 7) is 0. The van der Waals surface area contributed by atoms with Crippen LogP contribution in [0.15, 0.2) is 41.1 Å². The molecule has 3 aromatic rings. The molecule has 1 aliphatic rings. The summed E-state index contributed by atoms with van der Waals surface area (Å²) >= 11 is 0. The summed E-state index contributed by atoms with van der Waals surface area (Å²) in [4.78, 5) is 19.6. The number of para-hydroxylation sites is 1. The van der Waals surface area contributed by atoms with Crippen LogP contribution in [0.2, 0.25) is 0 Å². The van der Waals surface area contributed by atoms with E-state index >= 15 is 0 Å². The lowest BCUT2D eigenvalue weighted by atomic mass is 10.2. The molecule has 2 N–H and O–H groups in total. The molecule has 2 aromatic heterocycles. The minimum atomic E-state index is -0.216. The van der Waals surface area contributed by atoms with Crippen LogP contribution in [0.4, 0.5) is 5.95 Å². The van der Waals surface area contributed by atoms with E-state index in [0.29, 0.717) is 23.0 Å². The minimum Gasteiger partial charge on any atom is -0.463 e. The number of aromatic nitrogens is 2. The summed E-state index contributed by atoms with van der Waals surface area (Å²) < 4.78 is 5.37. The first-order valence-electron chi connectivity index (χ1n) is 6.64. The molecular weight excluding hydrogens is 254 g/mol. The van der Waals surface area contributed by atoms with Crippen LogP contribution < -0.4 is 5.32 Å². The van der Waals surface area contributed by atoms with Crippen molar-refractivity contribution >= 4 is 22.8 Å². The highest BCUT2D eigenvalue weighted by atomic mass is 16.3. The number of carbonyl (C=O) groups is 1. The highest BCUT2D eigenvalue weighted by Crippen LogP contribution is 2.39. The molecule has 0 radical (unpaired) electrons. The third-order valence-corrected chi connectivity index (χ3v) is 3.57. The van der Waals surface area contributed by atoms with Crippen molar-refractivity contribution in [2.24, 2.45) is 0 Å². The molecule has 0 unspecified atom stereocenters. The molecule has 2 heterocycles. The van der Waals surface area contributed by atoms with Gasteiger partial charge in [-0.05, 0) is 18.9 Å². The fraction of sp³-hybridized carbons (Fsp3) is 0.200. The van der Waals surface area contributed by atoms with Gasteiger partial charge in [-0.1, -0.05) is 18.2 Å². The summed E-state index contributed by atoms with van der Waals surface area (Å²) in [5.41, 5.74) is 2.32. The molecule has 5 heteroatoms. The SMILES string of the molecule is O=C(Nc1ncc(C2CC2)[nH]1)c1coc2ccccc12. The highest BCUT2D eigenvalue weighted by Gasteiger charge is 2.25.